The molecule has 0 saturated heterocycles. The molecule has 0 heterocycles. The fourth-order valence-corrected chi connectivity index (χ4v) is 2.26. The molecule has 0 unspecified atom stereocenters. The predicted octanol–water partition coefficient (Wildman–Crippen LogP) is 3.29. The van der Waals surface area contributed by atoms with Gasteiger partial charge < -0.3 is 16.0 Å². The number of amides is 1. The Kier molecular flexibility index (Phi) is 9.98. The SMILES string of the molecule is C#Cc1cccc(NC(=O)CNC(=NCc2ccc(C)cc2)NCC)c1.I. The van der Waals surface area contributed by atoms with Crippen molar-refractivity contribution < 1.29 is 4.79 Å². The standard InChI is InChI=1S/C21H24N4O.HI/c1-4-17-7-6-8-19(13-17)25-20(26)15-24-21(22-5-2)23-14-18-11-9-16(3)10-12-18;/h1,6-13H,5,14-15H2,2-3H3,(H,25,26)(H2,22,23,24);1H. The van der Waals surface area contributed by atoms with Gasteiger partial charge in [-0.05, 0) is 37.6 Å². The van der Waals surface area contributed by atoms with Crippen LogP contribution < -0.4 is 16.0 Å². The molecule has 0 saturated carbocycles. The molecule has 6 heteroatoms. The zero-order valence-corrected chi connectivity index (χ0v) is 17.9. The van der Waals surface area contributed by atoms with Crippen molar-refractivity contribution in [1.82, 2.24) is 10.6 Å². The number of hydrogen-bond donors (Lipinski definition) is 3. The van der Waals surface area contributed by atoms with Gasteiger partial charge in [0, 0.05) is 17.8 Å². The first-order chi connectivity index (χ1) is 12.6. The van der Waals surface area contributed by atoms with E-state index in [1.165, 1.54) is 5.56 Å². The monoisotopic (exact) mass is 476 g/mol. The van der Waals surface area contributed by atoms with Crippen molar-refractivity contribution in [3.05, 3.63) is 65.2 Å². The Hall–Kier alpha value is -2.53. The van der Waals surface area contributed by atoms with Gasteiger partial charge in [0.05, 0.1) is 13.1 Å². The lowest BCUT2D eigenvalue weighted by Crippen LogP contribution is -2.41. The Morgan fingerprint density at radius 1 is 1.15 bits per heavy atom. The third kappa shape index (κ3) is 8.13. The van der Waals surface area contributed by atoms with Crippen LogP contribution in [0.15, 0.2) is 53.5 Å². The van der Waals surface area contributed by atoms with Crippen LogP contribution in [-0.2, 0) is 11.3 Å². The highest BCUT2D eigenvalue weighted by molar-refractivity contribution is 14.0. The Morgan fingerprint density at radius 3 is 2.56 bits per heavy atom. The molecule has 0 aliphatic heterocycles. The highest BCUT2D eigenvalue weighted by Gasteiger charge is 2.05. The number of anilines is 1. The molecule has 1 amide bonds. The number of nitrogens with zero attached hydrogens (tertiary/aromatic N) is 1. The van der Waals surface area contributed by atoms with Crippen molar-refractivity contribution in [3.8, 4) is 12.3 Å². The molecule has 0 spiro atoms. The largest absolute Gasteiger partial charge is 0.357 e. The van der Waals surface area contributed by atoms with Gasteiger partial charge in [0.2, 0.25) is 5.91 Å². The first-order valence-electron chi connectivity index (χ1n) is 8.55. The van der Waals surface area contributed by atoms with E-state index in [2.05, 4.69) is 45.9 Å². The van der Waals surface area contributed by atoms with E-state index in [9.17, 15) is 4.79 Å². The lowest BCUT2D eigenvalue weighted by Gasteiger charge is -2.12. The molecular formula is C21H25IN4O. The number of halogens is 1. The number of guanidine groups is 1. The van der Waals surface area contributed by atoms with E-state index in [1.54, 1.807) is 12.1 Å². The van der Waals surface area contributed by atoms with Crippen molar-refractivity contribution in [3.63, 3.8) is 0 Å². The first kappa shape index (κ1) is 22.5. The van der Waals surface area contributed by atoms with Crippen LogP contribution in [0.4, 0.5) is 5.69 Å². The summed E-state index contributed by atoms with van der Waals surface area (Å²) in [5.74, 6) is 2.98. The molecule has 142 valence electrons. The fraction of sp³-hybridized carbons (Fsp3) is 0.238. The van der Waals surface area contributed by atoms with Crippen molar-refractivity contribution in [2.75, 3.05) is 18.4 Å². The van der Waals surface area contributed by atoms with Gasteiger partial charge in [-0.3, -0.25) is 4.79 Å². The van der Waals surface area contributed by atoms with E-state index in [0.717, 1.165) is 11.1 Å². The first-order valence-corrected chi connectivity index (χ1v) is 8.55. The predicted molar refractivity (Wildman–Crippen MR) is 122 cm³/mol. The van der Waals surface area contributed by atoms with Gasteiger partial charge in [0.1, 0.15) is 0 Å². The summed E-state index contributed by atoms with van der Waals surface area (Å²) in [6, 6.07) is 15.4. The van der Waals surface area contributed by atoms with Crippen molar-refractivity contribution >= 4 is 41.5 Å². The normalized spacial score (nSPS) is 10.3. The molecule has 5 nitrogen and oxygen atoms in total. The summed E-state index contributed by atoms with van der Waals surface area (Å²) in [6.07, 6.45) is 5.37. The van der Waals surface area contributed by atoms with E-state index in [-0.39, 0.29) is 36.4 Å². The Labute approximate surface area is 178 Å². The Morgan fingerprint density at radius 2 is 1.89 bits per heavy atom. The number of carbonyl (C=O) groups excluding carboxylic acids is 1. The molecular weight excluding hydrogens is 451 g/mol. The highest BCUT2D eigenvalue weighted by atomic mass is 127. The van der Waals surface area contributed by atoms with E-state index in [0.29, 0.717) is 24.7 Å². The maximum absolute atomic E-state index is 12.1. The van der Waals surface area contributed by atoms with Crippen LogP contribution in [0.2, 0.25) is 0 Å². The van der Waals surface area contributed by atoms with E-state index >= 15 is 0 Å². The quantitative estimate of drug-likeness (QED) is 0.260. The zero-order valence-electron chi connectivity index (χ0n) is 15.6. The second kappa shape index (κ2) is 12.0. The number of aryl methyl sites for hydroxylation is 1. The minimum Gasteiger partial charge on any atom is -0.357 e. The zero-order chi connectivity index (χ0) is 18.8. The number of terminal acetylenes is 1. The van der Waals surface area contributed by atoms with Gasteiger partial charge in [-0.15, -0.1) is 30.4 Å². The van der Waals surface area contributed by atoms with Gasteiger partial charge in [0.15, 0.2) is 5.96 Å². The van der Waals surface area contributed by atoms with Gasteiger partial charge in [-0.25, -0.2) is 4.99 Å². The van der Waals surface area contributed by atoms with Gasteiger partial charge in [-0.2, -0.15) is 0 Å². The molecule has 2 aromatic carbocycles. The molecule has 0 aromatic heterocycles. The number of benzene rings is 2. The van der Waals surface area contributed by atoms with Crippen LogP contribution in [0.5, 0.6) is 0 Å². The average Bonchev–Trinajstić information content (AvgIpc) is 2.65. The summed E-state index contributed by atoms with van der Waals surface area (Å²) in [4.78, 5) is 16.6. The lowest BCUT2D eigenvalue weighted by molar-refractivity contribution is -0.115. The Bertz CT molecular complexity index is 810. The summed E-state index contributed by atoms with van der Waals surface area (Å²) in [6.45, 7) is 5.40. The Balaban J connectivity index is 0.00000364. The van der Waals surface area contributed by atoms with Crippen LogP contribution >= 0.6 is 24.0 Å². The maximum Gasteiger partial charge on any atom is 0.243 e. The summed E-state index contributed by atoms with van der Waals surface area (Å²) in [5.41, 5.74) is 3.73. The van der Waals surface area contributed by atoms with Gasteiger partial charge >= 0.3 is 0 Å². The number of nitrogens with one attached hydrogen (secondary N) is 3. The van der Waals surface area contributed by atoms with Crippen LogP contribution in [0.25, 0.3) is 0 Å². The second-order valence-electron chi connectivity index (χ2n) is 5.81. The molecule has 3 N–H and O–H groups in total. The highest BCUT2D eigenvalue weighted by Crippen LogP contribution is 2.09. The van der Waals surface area contributed by atoms with Crippen LogP contribution in [0.3, 0.4) is 0 Å². The molecule has 0 radical (unpaired) electrons. The fourth-order valence-electron chi connectivity index (χ4n) is 2.26. The van der Waals surface area contributed by atoms with Crippen molar-refractivity contribution in [2.24, 2.45) is 4.99 Å². The van der Waals surface area contributed by atoms with Crippen LogP contribution in [-0.4, -0.2) is 25.0 Å². The topological polar surface area (TPSA) is 65.5 Å². The third-order valence-electron chi connectivity index (χ3n) is 3.61. The molecule has 0 bridgehead atoms. The molecule has 0 aliphatic rings. The van der Waals surface area contributed by atoms with Crippen LogP contribution in [0, 0.1) is 19.3 Å². The summed E-state index contributed by atoms with van der Waals surface area (Å²) >= 11 is 0. The summed E-state index contributed by atoms with van der Waals surface area (Å²) < 4.78 is 0. The summed E-state index contributed by atoms with van der Waals surface area (Å²) in [5, 5.41) is 8.99. The smallest absolute Gasteiger partial charge is 0.243 e. The maximum atomic E-state index is 12.1. The van der Waals surface area contributed by atoms with Gasteiger partial charge in [-0.1, -0.05) is 41.8 Å². The molecule has 27 heavy (non-hydrogen) atoms. The minimum absolute atomic E-state index is 0. The number of aliphatic imine (C=N–C) groups is 1. The van der Waals surface area contributed by atoms with Crippen LogP contribution in [0.1, 0.15) is 23.6 Å². The molecule has 2 aromatic rings. The average molecular weight is 476 g/mol. The molecule has 0 atom stereocenters. The third-order valence-corrected chi connectivity index (χ3v) is 3.61. The lowest BCUT2D eigenvalue weighted by atomic mass is 10.1. The second-order valence-corrected chi connectivity index (χ2v) is 5.81. The minimum atomic E-state index is -0.167. The van der Waals surface area contributed by atoms with Gasteiger partial charge in [0.25, 0.3) is 0 Å². The van der Waals surface area contributed by atoms with E-state index in [1.807, 2.05) is 31.2 Å². The number of carbonyl (C=O) groups is 1. The molecule has 2 rings (SSSR count). The molecule has 0 fully saturated rings. The number of rotatable bonds is 6. The summed E-state index contributed by atoms with van der Waals surface area (Å²) in [7, 11) is 0. The molecule has 0 aliphatic carbocycles. The number of hydrogen-bond acceptors (Lipinski definition) is 2. The van der Waals surface area contributed by atoms with Crippen molar-refractivity contribution in [2.45, 2.75) is 20.4 Å². The van der Waals surface area contributed by atoms with E-state index in [4.69, 9.17) is 6.42 Å². The van der Waals surface area contributed by atoms with Crippen molar-refractivity contribution in [1.29, 1.82) is 0 Å². The van der Waals surface area contributed by atoms with E-state index < -0.39 is 0 Å².